The molecule has 2 amide bonds. The Balaban J connectivity index is 0.000000184. The van der Waals surface area contributed by atoms with E-state index in [2.05, 4.69) is 89.3 Å². The molecule has 0 bridgehead atoms. The zero-order chi connectivity index (χ0) is 60.5. The van der Waals surface area contributed by atoms with Crippen LogP contribution in [0.4, 0.5) is 11.6 Å². The number of anilines is 2. The summed E-state index contributed by atoms with van der Waals surface area (Å²) in [7, 11) is -0.488. The maximum atomic E-state index is 12.6. The van der Waals surface area contributed by atoms with Gasteiger partial charge in [-0.25, -0.2) is 9.97 Å². The number of nitrogens with zero attached hydrogens (tertiary/aromatic N) is 2. The van der Waals surface area contributed by atoms with Gasteiger partial charge in [0.25, 0.3) is 11.8 Å². The summed E-state index contributed by atoms with van der Waals surface area (Å²) in [5.41, 5.74) is 6.20. The first-order valence-electron chi connectivity index (χ1n) is 28.0. The van der Waals surface area contributed by atoms with Crippen molar-refractivity contribution in [3.8, 4) is 11.1 Å². The number of halogens is 1. The van der Waals surface area contributed by atoms with Crippen LogP contribution in [0.5, 0.6) is 0 Å². The quantitative estimate of drug-likeness (QED) is 0.0421. The van der Waals surface area contributed by atoms with E-state index in [-0.39, 0.29) is 47.9 Å². The molecule has 12 atom stereocenters. The first kappa shape index (κ1) is 64.3. The molecule has 3 fully saturated rings. The molecular weight excluding hydrogens is 1120 g/mol. The number of rotatable bonds is 13. The van der Waals surface area contributed by atoms with Crippen LogP contribution in [0, 0.1) is 25.7 Å². The Kier molecular flexibility index (Phi) is 21.8. The molecule has 7 N–H and O–H groups in total. The summed E-state index contributed by atoms with van der Waals surface area (Å²) in [5.74, 6) is 1.02. The Bertz CT molecular complexity index is 3140. The van der Waals surface area contributed by atoms with E-state index in [0.717, 1.165) is 27.5 Å². The molecule has 4 aromatic carbocycles. The molecule has 0 aliphatic carbocycles. The van der Waals surface area contributed by atoms with Crippen LogP contribution in [0.3, 0.4) is 0 Å². The van der Waals surface area contributed by atoms with E-state index in [9.17, 15) is 39.9 Å². The van der Waals surface area contributed by atoms with Crippen LogP contribution >= 0.6 is 15.9 Å². The smallest absolute Gasteiger partial charge is 0.459 e. The van der Waals surface area contributed by atoms with E-state index < -0.39 is 61.6 Å². The predicted octanol–water partition coefficient (Wildman–Crippen LogP) is 9.06. The predicted molar refractivity (Wildman–Crippen MR) is 322 cm³/mol. The highest BCUT2D eigenvalue weighted by atomic mass is 79.9. The number of hydrogen-bond acceptors (Lipinski definition) is 15. The number of carbonyl (C=O) groups is 3. The van der Waals surface area contributed by atoms with Gasteiger partial charge in [0.15, 0.2) is 0 Å². The van der Waals surface area contributed by atoms with Gasteiger partial charge in [-0.05, 0) is 153 Å². The standard InChI is InChI=1S/C26H28N2O7.C20H29BrO3.C18H21BN2O3/c1-14-11-16(15-5-4-6-17(12-15)26(34)28-20-7-2-3-10-27-20)8-9-18(14)21(30)25-24(33)23(32)22(31)19(13-29)35-25;1-7-18-12(3)13(4)19(23-15(6)22)20(24-18)14(5)17-9-8-16(21)10-11(17)2;1-17(2)18(3,4)24-19(23-17)14-9-7-8-13(12-14)16(22)21-15-10-5-6-11-20-15/h2-12,19,21-25,29-33H,13H2,1H3,(H,27,28,34);8-10,12-14,18-20H,7H2,1-6H3;5-12H,1-4H3,(H,20,21,22)/t19?,21-,22-,23+,24?,25-;12-,13-,14+,18?,19?,20+;/m10./s1. The molecule has 83 heavy (non-hydrogen) atoms. The van der Waals surface area contributed by atoms with Gasteiger partial charge in [-0.15, -0.1) is 0 Å². The van der Waals surface area contributed by atoms with Gasteiger partial charge in [0.2, 0.25) is 0 Å². The summed E-state index contributed by atoms with van der Waals surface area (Å²) in [5, 5.41) is 56.2. The summed E-state index contributed by atoms with van der Waals surface area (Å²) in [4.78, 5) is 44.9. The molecule has 2 aromatic heterocycles. The number of amides is 2. The fraction of sp³-hybridized carbons (Fsp3) is 0.422. The first-order valence-corrected chi connectivity index (χ1v) is 28.8. The van der Waals surface area contributed by atoms with Crippen molar-refractivity contribution in [2.45, 2.75) is 155 Å². The molecule has 17 nitrogen and oxygen atoms in total. The highest BCUT2D eigenvalue weighted by molar-refractivity contribution is 9.10. The number of nitrogens with one attached hydrogen (secondary N) is 2. The SMILES string of the molecule is CC1(C)OB(c2cccc(C(=O)Nc3ccccn3)c2)OC1(C)C.CCC1O[C@H]([C@H](C)c2ccc(Br)cc2C)C(OC(C)=O)[C@@H](C)[C@@H]1C.Cc1cc(-c2cccc(C(=O)Nc3ccccn3)c2)ccc1[C@@H](O)[C@H]1OC(CO)[C@@H](O)[C@H](O)C1O. The maximum absolute atomic E-state index is 12.6. The molecule has 0 spiro atoms. The zero-order valence-electron chi connectivity index (χ0n) is 48.9. The number of carbonyl (C=O) groups excluding carboxylic acids is 3. The van der Waals surface area contributed by atoms with E-state index in [1.54, 1.807) is 92.1 Å². The Hall–Kier alpha value is -6.23. The minimum Gasteiger partial charge on any atom is -0.459 e. The van der Waals surface area contributed by atoms with Crippen molar-refractivity contribution in [3.63, 3.8) is 0 Å². The van der Waals surface area contributed by atoms with Crippen LogP contribution in [0.2, 0.25) is 0 Å². The zero-order valence-corrected chi connectivity index (χ0v) is 50.5. The van der Waals surface area contributed by atoms with Crippen molar-refractivity contribution in [2.75, 3.05) is 17.2 Å². The normalized spacial score (nSPS) is 25.0. The van der Waals surface area contributed by atoms with Crippen LogP contribution in [-0.4, -0.2) is 127 Å². The van der Waals surface area contributed by atoms with E-state index in [0.29, 0.717) is 39.8 Å². The number of aliphatic hydroxyl groups is 5. The third-order valence-electron chi connectivity index (χ3n) is 16.3. The van der Waals surface area contributed by atoms with Crippen LogP contribution in [0.25, 0.3) is 11.1 Å². The van der Waals surface area contributed by atoms with Gasteiger partial charge in [-0.1, -0.05) is 104 Å². The number of aliphatic hydroxyl groups excluding tert-OH is 5. The molecule has 5 heterocycles. The molecule has 19 heteroatoms. The molecule has 3 aliphatic rings. The van der Waals surface area contributed by atoms with Crippen LogP contribution in [-0.2, 0) is 28.3 Å². The van der Waals surface area contributed by atoms with Crippen molar-refractivity contribution in [3.05, 3.63) is 172 Å². The number of benzene rings is 4. The second kappa shape index (κ2) is 28.1. The Morgan fingerprint density at radius 2 is 1.23 bits per heavy atom. The summed E-state index contributed by atoms with van der Waals surface area (Å²) < 4.78 is 30.8. The van der Waals surface area contributed by atoms with Crippen molar-refractivity contribution >= 4 is 57.9 Å². The minimum atomic E-state index is -1.57. The summed E-state index contributed by atoms with van der Waals surface area (Å²) in [6, 6.07) is 36.6. The van der Waals surface area contributed by atoms with Crippen molar-refractivity contribution in [2.24, 2.45) is 11.8 Å². The van der Waals surface area contributed by atoms with E-state index in [4.69, 9.17) is 23.5 Å². The molecule has 9 rings (SSSR count). The highest BCUT2D eigenvalue weighted by Crippen LogP contribution is 2.41. The fourth-order valence-electron chi connectivity index (χ4n) is 10.6. The molecule has 0 saturated carbocycles. The van der Waals surface area contributed by atoms with Gasteiger partial charge in [-0.2, -0.15) is 0 Å². The Morgan fingerprint density at radius 3 is 1.77 bits per heavy atom. The van der Waals surface area contributed by atoms with Crippen LogP contribution in [0.15, 0.2) is 138 Å². The number of aromatic nitrogens is 2. The highest BCUT2D eigenvalue weighted by Gasteiger charge is 2.52. The molecule has 0 radical (unpaired) electrons. The van der Waals surface area contributed by atoms with Crippen LogP contribution in [0.1, 0.15) is 124 Å². The van der Waals surface area contributed by atoms with Crippen molar-refractivity contribution in [1.29, 1.82) is 0 Å². The number of ether oxygens (including phenoxy) is 3. The van der Waals surface area contributed by atoms with Gasteiger partial charge in [0.1, 0.15) is 60.5 Å². The van der Waals surface area contributed by atoms with Crippen LogP contribution < -0.4 is 16.1 Å². The maximum Gasteiger partial charge on any atom is 0.494 e. The molecule has 6 aromatic rings. The lowest BCUT2D eigenvalue weighted by atomic mass is 9.76. The lowest BCUT2D eigenvalue weighted by Gasteiger charge is -2.46. The number of aryl methyl sites for hydroxylation is 2. The van der Waals surface area contributed by atoms with E-state index in [1.165, 1.54) is 18.1 Å². The lowest BCUT2D eigenvalue weighted by molar-refractivity contribution is -0.250. The monoisotopic (exact) mass is 1200 g/mol. The van der Waals surface area contributed by atoms with Gasteiger partial charge in [0.05, 0.1) is 23.9 Å². The third-order valence-corrected chi connectivity index (χ3v) is 16.8. The topological polar surface area (TPSA) is 248 Å². The summed E-state index contributed by atoms with van der Waals surface area (Å²) in [6.45, 7) is 21.5. The molecule has 3 saturated heterocycles. The average molecular weight is 1200 g/mol. The lowest BCUT2D eigenvalue weighted by Crippen LogP contribution is -2.59. The second-order valence-corrected chi connectivity index (χ2v) is 23.5. The summed E-state index contributed by atoms with van der Waals surface area (Å²) in [6.07, 6.45) is -4.20. The van der Waals surface area contributed by atoms with Gasteiger partial charge in [-0.3, -0.25) is 14.4 Å². The molecule has 4 unspecified atom stereocenters. The van der Waals surface area contributed by atoms with Gasteiger partial charge >= 0.3 is 13.1 Å². The average Bonchev–Trinajstić information content (AvgIpc) is 3.46. The van der Waals surface area contributed by atoms with E-state index >= 15 is 0 Å². The third kappa shape index (κ3) is 15.6. The molecule has 3 aliphatic heterocycles. The van der Waals surface area contributed by atoms with Gasteiger partial charge < -0.3 is 59.7 Å². The Labute approximate surface area is 495 Å². The Morgan fingerprint density at radius 1 is 0.675 bits per heavy atom. The fourth-order valence-corrected chi connectivity index (χ4v) is 11.0. The number of esters is 1. The molecule has 442 valence electrons. The second-order valence-electron chi connectivity index (χ2n) is 22.6. The summed E-state index contributed by atoms with van der Waals surface area (Å²) >= 11 is 3.52. The number of hydrogen-bond donors (Lipinski definition) is 7. The van der Waals surface area contributed by atoms with Crippen molar-refractivity contribution < 1.29 is 63.4 Å². The molecular formula is C64H78BBrN4O13. The first-order chi connectivity index (χ1) is 39.3. The minimum absolute atomic E-state index is 0.120. The van der Waals surface area contributed by atoms with E-state index in [1.807, 2.05) is 58.0 Å². The number of pyridine rings is 2. The largest absolute Gasteiger partial charge is 0.494 e. The van der Waals surface area contributed by atoms with Gasteiger partial charge in [0, 0.05) is 46.8 Å². The van der Waals surface area contributed by atoms with Crippen molar-refractivity contribution in [1.82, 2.24) is 9.97 Å².